The summed E-state index contributed by atoms with van der Waals surface area (Å²) >= 11 is 1.98. The second-order valence-corrected chi connectivity index (χ2v) is 7.28. The molecule has 0 atom stereocenters. The highest BCUT2D eigenvalue weighted by atomic mass is 32.2. The van der Waals surface area contributed by atoms with Gasteiger partial charge in [0.1, 0.15) is 11.9 Å². The van der Waals surface area contributed by atoms with Crippen LogP contribution in [0.2, 0.25) is 0 Å². The quantitative estimate of drug-likeness (QED) is 0.917. The number of thioether (sulfide) groups is 1. The van der Waals surface area contributed by atoms with Gasteiger partial charge in [-0.3, -0.25) is 4.79 Å². The number of carbonyl (C=O) groups is 1. The fourth-order valence-corrected chi connectivity index (χ4v) is 4.52. The van der Waals surface area contributed by atoms with E-state index in [1.165, 1.54) is 0 Å². The van der Waals surface area contributed by atoms with E-state index in [0.29, 0.717) is 0 Å². The van der Waals surface area contributed by atoms with Gasteiger partial charge < -0.3 is 9.84 Å². The Labute approximate surface area is 130 Å². The number of carboxylic acids is 1. The maximum atomic E-state index is 11.8. The molecule has 2 aliphatic rings. The summed E-state index contributed by atoms with van der Waals surface area (Å²) in [6.45, 7) is 0. The van der Waals surface area contributed by atoms with Crippen LogP contribution in [0.25, 0.3) is 0 Å². The van der Waals surface area contributed by atoms with E-state index >= 15 is 0 Å². The molecule has 0 spiro atoms. The third-order valence-electron chi connectivity index (χ3n) is 4.72. The highest BCUT2D eigenvalue weighted by Gasteiger charge is 2.43. The van der Waals surface area contributed by atoms with Crippen molar-refractivity contribution in [1.29, 1.82) is 0 Å². The SMILES string of the molecule is O=C(O)C1(c2cccc(OC3CCSCC3)c2)CCCC1. The molecule has 0 aromatic heterocycles. The van der Waals surface area contributed by atoms with Gasteiger partial charge in [-0.1, -0.05) is 25.0 Å². The lowest BCUT2D eigenvalue weighted by Gasteiger charge is -2.26. The first-order valence-corrected chi connectivity index (χ1v) is 8.94. The summed E-state index contributed by atoms with van der Waals surface area (Å²) in [5, 5.41) is 9.69. The molecule has 1 aromatic rings. The third kappa shape index (κ3) is 3.05. The van der Waals surface area contributed by atoms with Crippen LogP contribution in [0.4, 0.5) is 0 Å². The van der Waals surface area contributed by atoms with Crippen LogP contribution in [0.5, 0.6) is 5.75 Å². The third-order valence-corrected chi connectivity index (χ3v) is 5.77. The van der Waals surface area contributed by atoms with E-state index in [1.54, 1.807) is 0 Å². The molecule has 1 saturated carbocycles. The minimum Gasteiger partial charge on any atom is -0.490 e. The molecule has 1 N–H and O–H groups in total. The van der Waals surface area contributed by atoms with Crippen LogP contribution in [0, 0.1) is 0 Å². The number of rotatable bonds is 4. The Balaban J connectivity index is 1.80. The van der Waals surface area contributed by atoms with Crippen LogP contribution in [0.1, 0.15) is 44.1 Å². The molecule has 0 bridgehead atoms. The zero-order chi connectivity index (χ0) is 14.7. The zero-order valence-corrected chi connectivity index (χ0v) is 13.0. The van der Waals surface area contributed by atoms with Gasteiger partial charge in [0, 0.05) is 0 Å². The van der Waals surface area contributed by atoms with Crippen molar-refractivity contribution in [3.63, 3.8) is 0 Å². The number of ether oxygens (including phenoxy) is 1. The van der Waals surface area contributed by atoms with E-state index in [-0.39, 0.29) is 6.10 Å². The summed E-state index contributed by atoms with van der Waals surface area (Å²) < 4.78 is 6.07. The van der Waals surface area contributed by atoms with E-state index in [2.05, 4.69) is 0 Å². The van der Waals surface area contributed by atoms with Crippen molar-refractivity contribution in [3.8, 4) is 5.75 Å². The molecular weight excluding hydrogens is 284 g/mol. The Morgan fingerprint density at radius 3 is 2.62 bits per heavy atom. The maximum absolute atomic E-state index is 11.8. The summed E-state index contributed by atoms with van der Waals surface area (Å²) in [6, 6.07) is 7.80. The monoisotopic (exact) mass is 306 g/mol. The zero-order valence-electron chi connectivity index (χ0n) is 12.2. The first-order valence-electron chi connectivity index (χ1n) is 7.79. The van der Waals surface area contributed by atoms with Gasteiger partial charge in [0.05, 0.1) is 5.41 Å². The molecule has 4 heteroatoms. The number of benzene rings is 1. The summed E-state index contributed by atoms with van der Waals surface area (Å²) in [5.74, 6) is 2.45. The normalized spacial score (nSPS) is 22.1. The van der Waals surface area contributed by atoms with Crippen molar-refractivity contribution < 1.29 is 14.6 Å². The van der Waals surface area contributed by atoms with E-state index in [1.807, 2.05) is 36.0 Å². The number of aliphatic carboxylic acids is 1. The fraction of sp³-hybridized carbons (Fsp3) is 0.588. The predicted molar refractivity (Wildman–Crippen MR) is 85.2 cm³/mol. The Morgan fingerprint density at radius 2 is 1.95 bits per heavy atom. The van der Waals surface area contributed by atoms with Gasteiger partial charge in [-0.2, -0.15) is 11.8 Å². The molecule has 1 saturated heterocycles. The largest absolute Gasteiger partial charge is 0.490 e. The summed E-state index contributed by atoms with van der Waals surface area (Å²) in [7, 11) is 0. The van der Waals surface area contributed by atoms with Crippen molar-refractivity contribution in [3.05, 3.63) is 29.8 Å². The molecule has 0 unspecified atom stereocenters. The van der Waals surface area contributed by atoms with Crippen molar-refractivity contribution in [2.24, 2.45) is 0 Å². The first-order chi connectivity index (χ1) is 10.2. The van der Waals surface area contributed by atoms with E-state index in [4.69, 9.17) is 4.74 Å². The Bertz CT molecular complexity index is 503. The average Bonchev–Trinajstić information content (AvgIpc) is 2.99. The molecule has 1 aromatic carbocycles. The Kier molecular flexibility index (Phi) is 4.43. The van der Waals surface area contributed by atoms with Crippen molar-refractivity contribution in [2.75, 3.05) is 11.5 Å². The van der Waals surface area contributed by atoms with E-state index < -0.39 is 11.4 Å². The molecule has 3 rings (SSSR count). The standard InChI is InChI=1S/C17H22O3S/c18-16(19)17(8-1-2-9-17)13-4-3-5-15(12-13)20-14-6-10-21-11-7-14/h3-5,12,14H,1-2,6-11H2,(H,18,19). The maximum Gasteiger partial charge on any atom is 0.314 e. The summed E-state index contributed by atoms with van der Waals surface area (Å²) in [4.78, 5) is 11.8. The van der Waals surface area contributed by atoms with E-state index in [0.717, 1.165) is 61.3 Å². The fourth-order valence-electron chi connectivity index (χ4n) is 3.46. The molecular formula is C17H22O3S. The minimum absolute atomic E-state index is 0.283. The molecule has 0 radical (unpaired) electrons. The Hall–Kier alpha value is -1.16. The molecule has 0 amide bonds. The highest BCUT2D eigenvalue weighted by Crippen LogP contribution is 2.42. The lowest BCUT2D eigenvalue weighted by Crippen LogP contribution is -2.32. The smallest absolute Gasteiger partial charge is 0.314 e. The van der Waals surface area contributed by atoms with Gasteiger partial charge in [0.2, 0.25) is 0 Å². The molecule has 114 valence electrons. The number of carboxylic acid groups (broad SMARTS) is 1. The van der Waals surface area contributed by atoms with Crippen molar-refractivity contribution in [2.45, 2.75) is 50.0 Å². The second-order valence-electron chi connectivity index (χ2n) is 6.05. The van der Waals surface area contributed by atoms with Gasteiger partial charge in [-0.15, -0.1) is 0 Å². The lowest BCUT2D eigenvalue weighted by atomic mass is 9.79. The molecule has 1 aliphatic heterocycles. The van der Waals surface area contributed by atoms with Gasteiger partial charge in [-0.25, -0.2) is 0 Å². The molecule has 1 heterocycles. The second kappa shape index (κ2) is 6.30. The molecule has 2 fully saturated rings. The van der Waals surface area contributed by atoms with Crippen LogP contribution in [0.15, 0.2) is 24.3 Å². The number of hydrogen-bond acceptors (Lipinski definition) is 3. The van der Waals surface area contributed by atoms with Crippen molar-refractivity contribution >= 4 is 17.7 Å². The van der Waals surface area contributed by atoms with Gasteiger partial charge in [0.25, 0.3) is 0 Å². The topological polar surface area (TPSA) is 46.5 Å². The minimum atomic E-state index is -0.693. The summed E-state index contributed by atoms with van der Waals surface area (Å²) in [5.41, 5.74) is 0.220. The lowest BCUT2D eigenvalue weighted by molar-refractivity contribution is -0.143. The highest BCUT2D eigenvalue weighted by molar-refractivity contribution is 7.99. The van der Waals surface area contributed by atoms with Crippen LogP contribution in [-0.4, -0.2) is 28.7 Å². The van der Waals surface area contributed by atoms with E-state index in [9.17, 15) is 9.90 Å². The Morgan fingerprint density at radius 1 is 1.24 bits per heavy atom. The first kappa shape index (κ1) is 14.8. The number of hydrogen-bond donors (Lipinski definition) is 1. The van der Waals surface area contributed by atoms with Crippen LogP contribution in [0.3, 0.4) is 0 Å². The van der Waals surface area contributed by atoms with Crippen LogP contribution < -0.4 is 4.74 Å². The molecule has 3 nitrogen and oxygen atoms in total. The van der Waals surface area contributed by atoms with Gasteiger partial charge in [0.15, 0.2) is 0 Å². The predicted octanol–water partition coefficient (Wildman–Crippen LogP) is 3.86. The molecule has 21 heavy (non-hydrogen) atoms. The van der Waals surface area contributed by atoms with Gasteiger partial charge >= 0.3 is 5.97 Å². The van der Waals surface area contributed by atoms with Gasteiger partial charge in [-0.05, 0) is 54.9 Å². The summed E-state index contributed by atoms with van der Waals surface area (Å²) in [6.07, 6.45) is 5.93. The molecule has 1 aliphatic carbocycles. The van der Waals surface area contributed by atoms with Crippen LogP contribution >= 0.6 is 11.8 Å². The van der Waals surface area contributed by atoms with Crippen molar-refractivity contribution in [1.82, 2.24) is 0 Å². The average molecular weight is 306 g/mol. The van der Waals surface area contributed by atoms with Crippen LogP contribution in [-0.2, 0) is 10.2 Å².